The molecule has 1 heterocycles. The molecule has 0 saturated carbocycles. The molecule has 0 aromatic carbocycles. The van der Waals surface area contributed by atoms with Crippen molar-refractivity contribution >= 4 is 17.8 Å². The Bertz CT molecular complexity index is 478. The van der Waals surface area contributed by atoms with Gasteiger partial charge >= 0.3 is 11.9 Å². The Balaban J connectivity index is 2.84. The maximum Gasteiger partial charge on any atom is 0.340 e. The largest absolute Gasteiger partial charge is 0.464 e. The fourth-order valence-corrected chi connectivity index (χ4v) is 1.37. The standard InChI is InChI=1S/C12H16N2O6/c1-4-18-11(16)8(12(17)19-5-2)14-10(15)9-7(3)6-13-20-9/h6,8H,4-5H2,1-3H3,(H,14,15). The third kappa shape index (κ3) is 3.81. The molecule has 0 aliphatic carbocycles. The van der Waals surface area contributed by atoms with Crippen LogP contribution in [-0.2, 0) is 19.1 Å². The molecule has 0 fully saturated rings. The highest BCUT2D eigenvalue weighted by atomic mass is 16.6. The number of ether oxygens (including phenoxy) is 2. The number of nitrogens with zero attached hydrogens (tertiary/aromatic N) is 1. The van der Waals surface area contributed by atoms with Crippen LogP contribution in [0.1, 0.15) is 30.0 Å². The zero-order valence-electron chi connectivity index (χ0n) is 11.5. The first-order chi connectivity index (χ1) is 9.51. The number of hydrogen-bond acceptors (Lipinski definition) is 7. The summed E-state index contributed by atoms with van der Waals surface area (Å²) in [6, 6.07) is -1.54. The Morgan fingerprint density at radius 2 is 1.80 bits per heavy atom. The molecule has 1 aromatic heterocycles. The summed E-state index contributed by atoms with van der Waals surface area (Å²) < 4.78 is 14.2. The molecule has 0 bridgehead atoms. The van der Waals surface area contributed by atoms with E-state index in [0.29, 0.717) is 5.56 Å². The summed E-state index contributed by atoms with van der Waals surface area (Å²) in [5.41, 5.74) is 0.481. The number of aryl methyl sites for hydroxylation is 1. The second-order valence-electron chi connectivity index (χ2n) is 3.75. The molecule has 0 saturated heterocycles. The Labute approximate surface area is 115 Å². The summed E-state index contributed by atoms with van der Waals surface area (Å²) in [6.45, 7) is 4.93. The number of amides is 1. The van der Waals surface area contributed by atoms with Crippen LogP contribution in [0.25, 0.3) is 0 Å². The molecular weight excluding hydrogens is 268 g/mol. The van der Waals surface area contributed by atoms with Gasteiger partial charge in [0.15, 0.2) is 0 Å². The minimum atomic E-state index is -1.54. The lowest BCUT2D eigenvalue weighted by molar-refractivity contribution is -0.157. The van der Waals surface area contributed by atoms with Crippen molar-refractivity contribution in [1.29, 1.82) is 0 Å². The second kappa shape index (κ2) is 7.27. The molecule has 20 heavy (non-hydrogen) atoms. The van der Waals surface area contributed by atoms with Crippen molar-refractivity contribution in [2.24, 2.45) is 0 Å². The zero-order valence-corrected chi connectivity index (χ0v) is 11.5. The highest BCUT2D eigenvalue weighted by molar-refractivity contribution is 6.05. The van der Waals surface area contributed by atoms with Crippen molar-refractivity contribution < 1.29 is 28.4 Å². The van der Waals surface area contributed by atoms with Crippen LogP contribution in [0.4, 0.5) is 0 Å². The number of nitrogens with one attached hydrogen (secondary N) is 1. The number of rotatable bonds is 6. The van der Waals surface area contributed by atoms with Crippen molar-refractivity contribution in [1.82, 2.24) is 10.5 Å². The van der Waals surface area contributed by atoms with E-state index in [0.717, 1.165) is 0 Å². The van der Waals surface area contributed by atoms with E-state index in [9.17, 15) is 14.4 Å². The molecule has 110 valence electrons. The van der Waals surface area contributed by atoms with Gasteiger partial charge in [-0.15, -0.1) is 0 Å². The van der Waals surface area contributed by atoms with Crippen LogP contribution < -0.4 is 5.32 Å². The third-order valence-corrected chi connectivity index (χ3v) is 2.27. The monoisotopic (exact) mass is 284 g/mol. The molecule has 1 N–H and O–H groups in total. The van der Waals surface area contributed by atoms with E-state index in [1.165, 1.54) is 6.20 Å². The topological polar surface area (TPSA) is 108 Å². The van der Waals surface area contributed by atoms with Gasteiger partial charge in [0.05, 0.1) is 19.4 Å². The highest BCUT2D eigenvalue weighted by Crippen LogP contribution is 2.06. The van der Waals surface area contributed by atoms with Gasteiger partial charge in [-0.25, -0.2) is 9.59 Å². The molecule has 1 amide bonds. The van der Waals surface area contributed by atoms with Gasteiger partial charge in [0, 0.05) is 5.56 Å². The minimum Gasteiger partial charge on any atom is -0.464 e. The second-order valence-corrected chi connectivity index (χ2v) is 3.75. The maximum absolute atomic E-state index is 11.9. The lowest BCUT2D eigenvalue weighted by Gasteiger charge is -2.15. The van der Waals surface area contributed by atoms with Gasteiger partial charge in [0.25, 0.3) is 5.91 Å². The van der Waals surface area contributed by atoms with Crippen molar-refractivity contribution in [3.63, 3.8) is 0 Å². The molecular formula is C12H16N2O6. The van der Waals surface area contributed by atoms with Gasteiger partial charge in [0.1, 0.15) is 0 Å². The first kappa shape index (κ1) is 15.7. The molecule has 1 aromatic rings. The van der Waals surface area contributed by atoms with E-state index in [1.807, 2.05) is 0 Å². The first-order valence-electron chi connectivity index (χ1n) is 6.06. The Kier molecular flexibility index (Phi) is 5.70. The van der Waals surface area contributed by atoms with Gasteiger partial charge in [-0.05, 0) is 20.8 Å². The van der Waals surface area contributed by atoms with E-state index in [1.54, 1.807) is 20.8 Å². The highest BCUT2D eigenvalue weighted by Gasteiger charge is 2.32. The van der Waals surface area contributed by atoms with Crippen molar-refractivity contribution in [2.75, 3.05) is 13.2 Å². The lowest BCUT2D eigenvalue weighted by Crippen LogP contribution is -2.48. The molecule has 8 nitrogen and oxygen atoms in total. The fraction of sp³-hybridized carbons (Fsp3) is 0.500. The predicted octanol–water partition coefficient (Wildman–Crippen LogP) is 0.208. The molecule has 1 rings (SSSR count). The van der Waals surface area contributed by atoms with Gasteiger partial charge in [-0.1, -0.05) is 5.16 Å². The molecule has 0 aliphatic heterocycles. The Morgan fingerprint density at radius 3 is 2.20 bits per heavy atom. The van der Waals surface area contributed by atoms with Crippen LogP contribution in [-0.4, -0.2) is 42.3 Å². The quantitative estimate of drug-likeness (QED) is 0.587. The van der Waals surface area contributed by atoms with Crippen molar-refractivity contribution in [3.8, 4) is 0 Å². The molecule has 0 unspecified atom stereocenters. The summed E-state index contributed by atoms with van der Waals surface area (Å²) in [5.74, 6) is -2.61. The van der Waals surface area contributed by atoms with Crippen LogP contribution in [0.5, 0.6) is 0 Å². The Morgan fingerprint density at radius 1 is 1.25 bits per heavy atom. The average molecular weight is 284 g/mol. The number of aromatic nitrogens is 1. The van der Waals surface area contributed by atoms with Gasteiger partial charge in [-0.2, -0.15) is 0 Å². The zero-order chi connectivity index (χ0) is 15.1. The van der Waals surface area contributed by atoms with Crippen LogP contribution in [0.3, 0.4) is 0 Å². The van der Waals surface area contributed by atoms with E-state index >= 15 is 0 Å². The third-order valence-electron chi connectivity index (χ3n) is 2.27. The summed E-state index contributed by atoms with van der Waals surface area (Å²) in [5, 5.41) is 5.65. The number of hydrogen-bond donors (Lipinski definition) is 1. The minimum absolute atomic E-state index is 0.0753. The summed E-state index contributed by atoms with van der Waals surface area (Å²) in [6.07, 6.45) is 1.35. The van der Waals surface area contributed by atoms with Crippen LogP contribution in [0.15, 0.2) is 10.7 Å². The van der Waals surface area contributed by atoms with Crippen LogP contribution in [0.2, 0.25) is 0 Å². The van der Waals surface area contributed by atoms with Gasteiger partial charge in [-0.3, -0.25) is 4.79 Å². The van der Waals surface area contributed by atoms with Crippen molar-refractivity contribution in [3.05, 3.63) is 17.5 Å². The maximum atomic E-state index is 11.9. The summed E-state index contributed by atoms with van der Waals surface area (Å²) in [7, 11) is 0. The molecule has 0 spiro atoms. The van der Waals surface area contributed by atoms with E-state index < -0.39 is 23.9 Å². The van der Waals surface area contributed by atoms with Crippen LogP contribution in [0, 0.1) is 6.92 Å². The lowest BCUT2D eigenvalue weighted by atomic mass is 10.2. The summed E-state index contributed by atoms with van der Waals surface area (Å²) in [4.78, 5) is 35.2. The molecule has 0 aliphatic rings. The smallest absolute Gasteiger partial charge is 0.340 e. The van der Waals surface area contributed by atoms with E-state index in [4.69, 9.17) is 14.0 Å². The normalized spacial score (nSPS) is 10.2. The average Bonchev–Trinajstić information content (AvgIpc) is 2.82. The Hall–Kier alpha value is -2.38. The first-order valence-corrected chi connectivity index (χ1v) is 6.06. The number of carbonyl (C=O) groups is 3. The number of esters is 2. The number of carbonyl (C=O) groups excluding carboxylic acids is 3. The summed E-state index contributed by atoms with van der Waals surface area (Å²) >= 11 is 0. The molecule has 0 radical (unpaired) electrons. The SMILES string of the molecule is CCOC(=O)C(NC(=O)c1oncc1C)C(=O)OCC. The van der Waals surface area contributed by atoms with Gasteiger partial charge in [0.2, 0.25) is 11.8 Å². The molecule has 8 heteroatoms. The van der Waals surface area contributed by atoms with E-state index in [2.05, 4.69) is 10.5 Å². The fourth-order valence-electron chi connectivity index (χ4n) is 1.37. The van der Waals surface area contributed by atoms with Gasteiger partial charge < -0.3 is 19.3 Å². The predicted molar refractivity (Wildman–Crippen MR) is 65.8 cm³/mol. The van der Waals surface area contributed by atoms with E-state index in [-0.39, 0.29) is 19.0 Å². The van der Waals surface area contributed by atoms with Crippen LogP contribution >= 0.6 is 0 Å². The molecule has 0 atom stereocenters. The van der Waals surface area contributed by atoms with Crippen molar-refractivity contribution in [2.45, 2.75) is 26.8 Å².